The maximum Gasteiger partial charge on any atom is 0.264 e. The summed E-state index contributed by atoms with van der Waals surface area (Å²) in [6.07, 6.45) is 0. The van der Waals surface area contributed by atoms with Crippen molar-refractivity contribution in [1.82, 2.24) is 10.0 Å². The van der Waals surface area contributed by atoms with E-state index in [1.807, 2.05) is 4.72 Å². The Hall–Kier alpha value is -2.09. The molecule has 0 atom stereocenters. The molecule has 0 saturated carbocycles. The summed E-state index contributed by atoms with van der Waals surface area (Å²) in [4.78, 5) is 21.8. The van der Waals surface area contributed by atoms with Crippen LogP contribution in [0.4, 0.5) is 5.69 Å². The number of hydrogen-bond acceptors (Lipinski definition) is 5. The lowest BCUT2D eigenvalue weighted by molar-refractivity contribution is -0.124. The molecular weight excluding hydrogens is 258 g/mol. The van der Waals surface area contributed by atoms with E-state index in [2.05, 4.69) is 5.32 Å². The zero-order chi connectivity index (χ0) is 13.8. The Labute approximate surface area is 104 Å². The highest BCUT2D eigenvalue weighted by molar-refractivity contribution is 7.90. The van der Waals surface area contributed by atoms with Crippen LogP contribution in [0.25, 0.3) is 0 Å². The maximum atomic E-state index is 11.7. The van der Waals surface area contributed by atoms with E-state index in [0.29, 0.717) is 5.69 Å². The van der Waals surface area contributed by atoms with E-state index < -0.39 is 28.4 Å². The molecule has 7 nitrogen and oxygen atoms in total. The smallest absolute Gasteiger partial charge is 0.264 e. The summed E-state index contributed by atoms with van der Waals surface area (Å²) < 4.78 is 25.3. The lowest BCUT2D eigenvalue weighted by Crippen LogP contribution is -2.39. The molecule has 18 heavy (non-hydrogen) atoms. The summed E-state index contributed by atoms with van der Waals surface area (Å²) in [6, 6.07) is 5.38. The van der Waals surface area contributed by atoms with Crippen molar-refractivity contribution in [3.63, 3.8) is 0 Å². The number of nitrogens with one attached hydrogen (secondary N) is 2. The van der Waals surface area contributed by atoms with E-state index in [4.69, 9.17) is 5.73 Å². The van der Waals surface area contributed by atoms with Crippen LogP contribution < -0.4 is 15.8 Å². The minimum atomic E-state index is -3.93. The first kappa shape index (κ1) is 14.0. The van der Waals surface area contributed by atoms with Gasteiger partial charge in [-0.05, 0) is 24.3 Å². The summed E-state index contributed by atoms with van der Waals surface area (Å²) in [5.41, 5.74) is 5.84. The molecule has 1 aromatic rings. The lowest BCUT2D eigenvalue weighted by atomic mass is 10.3. The molecule has 0 aliphatic heterocycles. The van der Waals surface area contributed by atoms with Gasteiger partial charge in [0.1, 0.15) is 0 Å². The average Bonchev–Trinajstić information content (AvgIpc) is 2.26. The Bertz CT molecular complexity index is 551. The Balaban J connectivity index is 2.73. The van der Waals surface area contributed by atoms with Gasteiger partial charge in [-0.2, -0.15) is 0 Å². The van der Waals surface area contributed by atoms with Crippen molar-refractivity contribution in [3.8, 4) is 0 Å². The molecule has 0 saturated heterocycles. The van der Waals surface area contributed by atoms with Crippen molar-refractivity contribution >= 4 is 27.5 Å². The molecule has 0 fully saturated rings. The Kier molecular flexibility index (Phi) is 4.27. The number of nitrogen functional groups attached to an aromatic ring is 1. The molecule has 0 aliphatic rings. The van der Waals surface area contributed by atoms with E-state index >= 15 is 0 Å². The largest absolute Gasteiger partial charge is 0.399 e. The predicted octanol–water partition coefficient (Wildman–Crippen LogP) is -0.790. The molecule has 0 bridgehead atoms. The van der Waals surface area contributed by atoms with Gasteiger partial charge in [-0.15, -0.1) is 0 Å². The molecular formula is C10H13N3O4S. The predicted molar refractivity (Wildman–Crippen MR) is 64.9 cm³/mol. The van der Waals surface area contributed by atoms with Gasteiger partial charge in [0.2, 0.25) is 5.91 Å². The monoisotopic (exact) mass is 271 g/mol. The first-order valence-corrected chi connectivity index (χ1v) is 6.45. The second kappa shape index (κ2) is 5.50. The van der Waals surface area contributed by atoms with Gasteiger partial charge in [-0.1, -0.05) is 0 Å². The third-order valence-electron chi connectivity index (χ3n) is 1.94. The molecule has 1 aromatic carbocycles. The summed E-state index contributed by atoms with van der Waals surface area (Å²) in [5.74, 6) is -1.24. The number of hydrogen-bond donors (Lipinski definition) is 3. The Morgan fingerprint density at radius 1 is 1.22 bits per heavy atom. The quantitative estimate of drug-likeness (QED) is 0.620. The number of carbonyl (C=O) groups excluding carboxylic acids is 2. The van der Waals surface area contributed by atoms with Crippen LogP contribution in [0.1, 0.15) is 6.92 Å². The SMILES string of the molecule is CC(=O)NCC(=O)NS(=O)(=O)c1ccc(N)cc1. The molecule has 0 aromatic heterocycles. The van der Waals surface area contributed by atoms with Crippen molar-refractivity contribution in [3.05, 3.63) is 24.3 Å². The van der Waals surface area contributed by atoms with Crippen LogP contribution in [-0.2, 0) is 19.6 Å². The molecule has 0 unspecified atom stereocenters. The van der Waals surface area contributed by atoms with Gasteiger partial charge in [-0.25, -0.2) is 13.1 Å². The third kappa shape index (κ3) is 4.06. The topological polar surface area (TPSA) is 118 Å². The van der Waals surface area contributed by atoms with E-state index in [1.165, 1.54) is 31.2 Å². The number of benzene rings is 1. The lowest BCUT2D eigenvalue weighted by Gasteiger charge is -2.07. The van der Waals surface area contributed by atoms with Crippen molar-refractivity contribution in [2.24, 2.45) is 0 Å². The van der Waals surface area contributed by atoms with Crippen molar-refractivity contribution < 1.29 is 18.0 Å². The van der Waals surface area contributed by atoms with Crippen LogP contribution in [0.5, 0.6) is 0 Å². The van der Waals surface area contributed by atoms with Gasteiger partial charge < -0.3 is 11.1 Å². The number of anilines is 1. The fourth-order valence-corrected chi connectivity index (χ4v) is 2.08. The second-order valence-corrected chi connectivity index (χ2v) is 5.19. The first-order chi connectivity index (χ1) is 8.31. The molecule has 0 spiro atoms. The average molecular weight is 271 g/mol. The molecule has 0 aliphatic carbocycles. The van der Waals surface area contributed by atoms with Crippen molar-refractivity contribution in [2.45, 2.75) is 11.8 Å². The highest BCUT2D eigenvalue weighted by Crippen LogP contribution is 2.10. The van der Waals surface area contributed by atoms with Gasteiger partial charge in [0.05, 0.1) is 11.4 Å². The maximum absolute atomic E-state index is 11.7. The summed E-state index contributed by atoms with van der Waals surface area (Å²) in [6.45, 7) is 0.825. The number of sulfonamides is 1. The molecule has 0 heterocycles. The van der Waals surface area contributed by atoms with Gasteiger partial charge in [-0.3, -0.25) is 9.59 Å². The second-order valence-electron chi connectivity index (χ2n) is 3.51. The van der Waals surface area contributed by atoms with Crippen LogP contribution in [-0.4, -0.2) is 26.8 Å². The Morgan fingerprint density at radius 2 is 1.78 bits per heavy atom. The Morgan fingerprint density at radius 3 is 2.28 bits per heavy atom. The first-order valence-electron chi connectivity index (χ1n) is 4.97. The minimum Gasteiger partial charge on any atom is -0.399 e. The standard InChI is InChI=1S/C10H13N3O4S/c1-7(14)12-6-10(15)13-18(16,17)9-4-2-8(11)3-5-9/h2-5H,6,11H2,1H3,(H,12,14)(H,13,15). The van der Waals surface area contributed by atoms with E-state index in [9.17, 15) is 18.0 Å². The van der Waals surface area contributed by atoms with Crippen LogP contribution in [0.2, 0.25) is 0 Å². The van der Waals surface area contributed by atoms with Gasteiger partial charge in [0.15, 0.2) is 0 Å². The van der Waals surface area contributed by atoms with Crippen LogP contribution >= 0.6 is 0 Å². The molecule has 0 radical (unpaired) electrons. The number of nitrogens with two attached hydrogens (primary N) is 1. The highest BCUT2D eigenvalue weighted by Gasteiger charge is 2.17. The van der Waals surface area contributed by atoms with E-state index in [1.54, 1.807) is 0 Å². The van der Waals surface area contributed by atoms with Gasteiger partial charge in [0, 0.05) is 12.6 Å². The molecule has 2 amide bonds. The molecule has 4 N–H and O–H groups in total. The van der Waals surface area contributed by atoms with E-state index in [0.717, 1.165) is 0 Å². The fraction of sp³-hybridized carbons (Fsp3) is 0.200. The number of carbonyl (C=O) groups is 2. The molecule has 8 heteroatoms. The molecule has 1 rings (SSSR count). The number of rotatable bonds is 4. The van der Waals surface area contributed by atoms with Gasteiger partial charge in [0.25, 0.3) is 15.9 Å². The zero-order valence-electron chi connectivity index (χ0n) is 9.64. The van der Waals surface area contributed by atoms with Crippen LogP contribution in [0.3, 0.4) is 0 Å². The zero-order valence-corrected chi connectivity index (χ0v) is 10.5. The number of amides is 2. The van der Waals surface area contributed by atoms with E-state index in [-0.39, 0.29) is 4.90 Å². The summed E-state index contributed by atoms with van der Waals surface area (Å²) >= 11 is 0. The highest BCUT2D eigenvalue weighted by atomic mass is 32.2. The normalized spacial score (nSPS) is 10.7. The van der Waals surface area contributed by atoms with Crippen molar-refractivity contribution in [2.75, 3.05) is 12.3 Å². The fourth-order valence-electron chi connectivity index (χ4n) is 1.10. The minimum absolute atomic E-state index is 0.0760. The summed E-state index contributed by atoms with van der Waals surface area (Å²) in [7, 11) is -3.93. The summed E-state index contributed by atoms with van der Waals surface area (Å²) in [5, 5.41) is 2.19. The van der Waals surface area contributed by atoms with Crippen molar-refractivity contribution in [1.29, 1.82) is 0 Å². The van der Waals surface area contributed by atoms with Gasteiger partial charge >= 0.3 is 0 Å². The molecule has 98 valence electrons. The van der Waals surface area contributed by atoms with Crippen LogP contribution in [0, 0.1) is 0 Å². The third-order valence-corrected chi connectivity index (χ3v) is 3.33. The van der Waals surface area contributed by atoms with Crippen LogP contribution in [0.15, 0.2) is 29.2 Å².